The molecule has 5 atom stereocenters. The van der Waals surface area contributed by atoms with Crippen molar-refractivity contribution in [2.24, 2.45) is 0 Å². The molecule has 1 N–H and O–H groups in total. The number of imide groups is 1. The van der Waals surface area contributed by atoms with Crippen molar-refractivity contribution in [2.45, 2.75) is 110 Å². The third kappa shape index (κ3) is 12.3. The quantitative estimate of drug-likeness (QED) is 0.0389. The Hall–Kier alpha value is -4.21. The molecule has 1 saturated heterocycles. The Bertz CT molecular complexity index is 2120. The highest BCUT2D eigenvalue weighted by Gasteiger charge is 2.53. The number of anilines is 1. The first-order chi connectivity index (χ1) is 29.7. The van der Waals surface area contributed by atoms with Gasteiger partial charge in [-0.2, -0.15) is 10.2 Å². The molecule has 16 nitrogen and oxygen atoms in total. The highest BCUT2D eigenvalue weighted by molar-refractivity contribution is 7.44. The number of hydrogen-bond acceptors (Lipinski definition) is 12. The number of amides is 3. The average Bonchev–Trinajstić information content (AvgIpc) is 3.66. The van der Waals surface area contributed by atoms with E-state index < -0.39 is 53.0 Å². The van der Waals surface area contributed by atoms with E-state index in [0.29, 0.717) is 40.9 Å². The molecule has 3 amide bonds. The van der Waals surface area contributed by atoms with E-state index in [2.05, 4.69) is 82.6 Å². The van der Waals surface area contributed by atoms with E-state index in [1.54, 1.807) is 54.6 Å². The number of rotatable bonds is 21. The molecule has 0 radical (unpaired) electrons. The molecule has 1 fully saturated rings. The molecule has 342 valence electrons. The maximum atomic E-state index is 14.0. The van der Waals surface area contributed by atoms with Gasteiger partial charge in [0.25, 0.3) is 26.2 Å². The maximum Gasteiger partial charge on any atom is 0.351 e. The zero-order valence-electron chi connectivity index (χ0n) is 38.6. The summed E-state index contributed by atoms with van der Waals surface area (Å²) >= 11 is 0. The van der Waals surface area contributed by atoms with Crippen LogP contribution in [0.3, 0.4) is 0 Å². The van der Waals surface area contributed by atoms with E-state index >= 15 is 0 Å². The summed E-state index contributed by atoms with van der Waals surface area (Å²) in [6, 6.07) is 19.3. The number of hydrogen-bond donors (Lipinski definition) is 1. The first-order valence-electron chi connectivity index (χ1n) is 21.5. The van der Waals surface area contributed by atoms with Gasteiger partial charge in [0.2, 0.25) is 0 Å². The second kappa shape index (κ2) is 21.2. The van der Waals surface area contributed by atoms with Crippen LogP contribution in [0.15, 0.2) is 71.7 Å². The predicted molar refractivity (Wildman–Crippen MR) is 243 cm³/mol. The summed E-state index contributed by atoms with van der Waals surface area (Å²) in [5.41, 5.74) is 0.604. The first-order valence-corrected chi connectivity index (χ1v) is 25.6. The number of ether oxygens (including phenoxy) is 2. The van der Waals surface area contributed by atoms with Gasteiger partial charge >= 0.3 is 5.69 Å². The standard InChI is InChI=1S/C45H64N7O9PSi/c1-31(2)51(32(3)4)62(58-28-17-23-46)60-38-36(30-57-29-27-52(8,9)26-25-49-41(54)34-20-15-16-21-35(34)42(49)55)59-43(39(38)61-63(10,11)45(5,6)7)50-24-22-37(48-44(50)56)47-40(53)33-18-13-12-14-19-33/h12-16,18-22,24,31-32,36,38-39,43H,17,25-30H2,1-11H3/p+1/t36-,38?,39+,43-,62?/m1/s1. The zero-order valence-corrected chi connectivity index (χ0v) is 40.5. The highest BCUT2D eigenvalue weighted by atomic mass is 31.2. The van der Waals surface area contributed by atoms with Gasteiger partial charge < -0.3 is 32.7 Å². The monoisotopic (exact) mass is 906 g/mol. The maximum absolute atomic E-state index is 14.0. The number of nitriles is 1. The number of carbonyl (C=O) groups excluding carboxylic acids is 3. The van der Waals surface area contributed by atoms with Gasteiger partial charge in [0, 0.05) is 23.8 Å². The minimum absolute atomic E-state index is 0.0107. The van der Waals surface area contributed by atoms with Gasteiger partial charge in [-0.1, -0.05) is 51.1 Å². The molecule has 0 spiro atoms. The zero-order chi connectivity index (χ0) is 46.3. The van der Waals surface area contributed by atoms with Crippen molar-refractivity contribution >= 4 is 40.4 Å². The fourth-order valence-electron chi connectivity index (χ4n) is 7.12. The lowest BCUT2D eigenvalue weighted by Crippen LogP contribution is -2.50. The van der Waals surface area contributed by atoms with Crippen LogP contribution in [0.25, 0.3) is 0 Å². The summed E-state index contributed by atoms with van der Waals surface area (Å²) in [5.74, 6) is -0.894. The van der Waals surface area contributed by atoms with Gasteiger partial charge in [-0.25, -0.2) is 9.46 Å². The first kappa shape index (κ1) is 49.8. The molecule has 2 unspecified atom stereocenters. The smallest absolute Gasteiger partial charge is 0.351 e. The normalized spacial score (nSPS) is 19.9. The summed E-state index contributed by atoms with van der Waals surface area (Å²) in [6.07, 6.45) is -1.70. The summed E-state index contributed by atoms with van der Waals surface area (Å²) in [5, 5.41) is 11.9. The minimum Gasteiger partial charge on any atom is -0.407 e. The highest BCUT2D eigenvalue weighted by Crippen LogP contribution is 2.51. The van der Waals surface area contributed by atoms with Gasteiger partial charge in [0.05, 0.1) is 70.6 Å². The molecule has 5 rings (SSSR count). The lowest BCUT2D eigenvalue weighted by Gasteiger charge is -2.42. The molecule has 3 aromatic rings. The minimum atomic E-state index is -2.61. The SMILES string of the molecule is CC(C)N(C(C)C)P(OCCC#N)OC1[C@@H](COCC[N+](C)(C)CCN2C(=O)c3ccccc3C2=O)O[C@@H](n2ccc(NC(=O)c3ccccc3)nc2=O)[C@H]1O[Si](C)(C)C(C)(C)C. The van der Waals surface area contributed by atoms with Crippen LogP contribution in [-0.2, 0) is 22.9 Å². The van der Waals surface area contributed by atoms with Crippen LogP contribution in [0.5, 0.6) is 0 Å². The summed E-state index contributed by atoms with van der Waals surface area (Å²) < 4.78 is 37.8. The van der Waals surface area contributed by atoms with Gasteiger partial charge in [-0.15, -0.1) is 0 Å². The average molecular weight is 907 g/mol. The van der Waals surface area contributed by atoms with Gasteiger partial charge in [0.15, 0.2) is 14.5 Å². The number of nitrogens with one attached hydrogen (secondary N) is 1. The van der Waals surface area contributed by atoms with Crippen molar-refractivity contribution < 1.29 is 41.8 Å². The van der Waals surface area contributed by atoms with E-state index in [9.17, 15) is 24.4 Å². The Morgan fingerprint density at radius 3 is 2.14 bits per heavy atom. The Morgan fingerprint density at radius 1 is 0.952 bits per heavy atom. The fraction of sp³-hybridized carbons (Fsp3) is 0.556. The van der Waals surface area contributed by atoms with Crippen LogP contribution >= 0.6 is 8.53 Å². The second-order valence-corrected chi connectivity index (χ2v) is 24.8. The van der Waals surface area contributed by atoms with Crippen LogP contribution in [0.2, 0.25) is 18.1 Å². The summed E-state index contributed by atoms with van der Waals surface area (Å²) in [7, 11) is -0.361. The molecule has 0 bridgehead atoms. The topological polar surface area (TPSA) is 175 Å². The van der Waals surface area contributed by atoms with Crippen LogP contribution in [0.1, 0.15) is 92.2 Å². The van der Waals surface area contributed by atoms with E-state index in [-0.39, 0.29) is 60.9 Å². The molecular weight excluding hydrogens is 842 g/mol. The Morgan fingerprint density at radius 2 is 1.57 bits per heavy atom. The number of nitrogens with zero attached hydrogens (tertiary/aromatic N) is 6. The Kier molecular flexibility index (Phi) is 16.7. The van der Waals surface area contributed by atoms with Crippen molar-refractivity contribution in [3.63, 3.8) is 0 Å². The van der Waals surface area contributed by atoms with E-state index in [1.807, 2.05) is 20.2 Å². The molecule has 2 aliphatic rings. The number of likely N-dealkylation sites (N-methyl/N-ethyl adjacent to an activating group) is 1. The lowest BCUT2D eigenvalue weighted by molar-refractivity contribution is -0.890. The fourth-order valence-corrected chi connectivity index (χ4v) is 10.2. The molecule has 63 heavy (non-hydrogen) atoms. The summed E-state index contributed by atoms with van der Waals surface area (Å²) in [6.45, 7) is 20.7. The molecule has 1 aromatic heterocycles. The van der Waals surface area contributed by atoms with Gasteiger partial charge in [0.1, 0.15) is 30.7 Å². The van der Waals surface area contributed by atoms with Crippen LogP contribution in [0.4, 0.5) is 5.82 Å². The van der Waals surface area contributed by atoms with Gasteiger partial charge in [-0.3, -0.25) is 23.9 Å². The van der Waals surface area contributed by atoms with Crippen molar-refractivity contribution in [2.75, 3.05) is 58.9 Å². The summed E-state index contributed by atoms with van der Waals surface area (Å²) in [4.78, 5) is 58.6. The number of carbonyl (C=O) groups is 3. The third-order valence-electron chi connectivity index (χ3n) is 11.7. The molecule has 2 aromatic carbocycles. The lowest BCUT2D eigenvalue weighted by atomic mass is 10.1. The van der Waals surface area contributed by atoms with Crippen LogP contribution < -0.4 is 11.0 Å². The van der Waals surface area contributed by atoms with Gasteiger partial charge in [-0.05, 0) is 76.2 Å². The number of aromatic nitrogens is 2. The third-order valence-corrected chi connectivity index (χ3v) is 18.3. The number of fused-ring (bicyclic) bond motifs is 1. The second-order valence-electron chi connectivity index (χ2n) is 18.6. The molecule has 0 aliphatic carbocycles. The molecule has 3 heterocycles. The number of quaternary nitrogens is 1. The van der Waals surface area contributed by atoms with Crippen molar-refractivity contribution in [3.8, 4) is 6.07 Å². The predicted octanol–water partition coefficient (Wildman–Crippen LogP) is 6.83. The van der Waals surface area contributed by atoms with Crippen LogP contribution in [-0.4, -0.2) is 134 Å². The van der Waals surface area contributed by atoms with Crippen LogP contribution in [0, 0.1) is 11.3 Å². The van der Waals surface area contributed by atoms with E-state index in [4.69, 9.17) is 22.9 Å². The molecule has 0 saturated carbocycles. The van der Waals surface area contributed by atoms with E-state index in [0.717, 1.165) is 0 Å². The molecule has 2 aliphatic heterocycles. The largest absolute Gasteiger partial charge is 0.407 e. The molecule has 18 heteroatoms. The van der Waals surface area contributed by atoms with Crippen molar-refractivity contribution in [1.29, 1.82) is 5.26 Å². The Balaban J connectivity index is 1.42. The number of benzene rings is 2. The Labute approximate surface area is 374 Å². The van der Waals surface area contributed by atoms with E-state index in [1.165, 1.54) is 15.7 Å². The van der Waals surface area contributed by atoms with Crippen molar-refractivity contribution in [1.82, 2.24) is 19.1 Å². The molecular formula is C45H65N7O9PSi+. The van der Waals surface area contributed by atoms with Crippen molar-refractivity contribution in [3.05, 3.63) is 94.0 Å².